The van der Waals surface area contributed by atoms with E-state index < -0.39 is 0 Å². The van der Waals surface area contributed by atoms with Crippen molar-refractivity contribution >= 4 is 5.69 Å². The smallest absolute Gasteiger partial charge is 0.117 e. The van der Waals surface area contributed by atoms with Crippen molar-refractivity contribution in [3.05, 3.63) is 48.7 Å². The number of nitrogens with zero attached hydrogens (tertiary/aromatic N) is 2. The average molecular weight is 257 g/mol. The zero-order chi connectivity index (χ0) is 12.9. The summed E-state index contributed by atoms with van der Waals surface area (Å²) in [6.07, 6.45) is 7.78. The SMILES string of the molecule is c1coc(CNC2CCN(c3ccncc3)CC2)c1. The second kappa shape index (κ2) is 5.89. The first kappa shape index (κ1) is 12.2. The van der Waals surface area contributed by atoms with E-state index >= 15 is 0 Å². The van der Waals surface area contributed by atoms with Gasteiger partial charge in [0, 0.05) is 37.2 Å². The Morgan fingerprint density at radius 2 is 2.00 bits per heavy atom. The molecule has 2 aromatic heterocycles. The molecule has 19 heavy (non-hydrogen) atoms. The molecule has 1 saturated heterocycles. The topological polar surface area (TPSA) is 41.3 Å². The molecule has 3 heterocycles. The van der Waals surface area contributed by atoms with E-state index in [0.717, 1.165) is 25.4 Å². The number of hydrogen-bond donors (Lipinski definition) is 1. The van der Waals surface area contributed by atoms with E-state index in [2.05, 4.69) is 27.3 Å². The normalized spacial score (nSPS) is 16.7. The van der Waals surface area contributed by atoms with Crippen LogP contribution < -0.4 is 10.2 Å². The van der Waals surface area contributed by atoms with Gasteiger partial charge in [-0.3, -0.25) is 4.98 Å². The second-order valence-electron chi connectivity index (χ2n) is 4.93. The third kappa shape index (κ3) is 3.15. The molecule has 0 unspecified atom stereocenters. The van der Waals surface area contributed by atoms with E-state index in [1.54, 1.807) is 6.26 Å². The summed E-state index contributed by atoms with van der Waals surface area (Å²) in [5, 5.41) is 3.56. The van der Waals surface area contributed by atoms with Crippen LogP contribution in [0.15, 0.2) is 47.3 Å². The first-order valence-corrected chi connectivity index (χ1v) is 6.82. The van der Waals surface area contributed by atoms with Crippen LogP contribution in [-0.2, 0) is 6.54 Å². The van der Waals surface area contributed by atoms with E-state index in [4.69, 9.17) is 4.42 Å². The van der Waals surface area contributed by atoms with Gasteiger partial charge in [-0.05, 0) is 37.1 Å². The van der Waals surface area contributed by atoms with E-state index in [1.807, 2.05) is 24.5 Å². The quantitative estimate of drug-likeness (QED) is 0.913. The molecule has 0 amide bonds. The van der Waals surface area contributed by atoms with Crippen molar-refractivity contribution in [2.24, 2.45) is 0 Å². The second-order valence-corrected chi connectivity index (χ2v) is 4.93. The number of nitrogens with one attached hydrogen (secondary N) is 1. The van der Waals surface area contributed by atoms with Crippen molar-refractivity contribution in [3.8, 4) is 0 Å². The van der Waals surface area contributed by atoms with Gasteiger partial charge in [-0.15, -0.1) is 0 Å². The summed E-state index contributed by atoms with van der Waals surface area (Å²) < 4.78 is 5.34. The molecule has 0 bridgehead atoms. The highest BCUT2D eigenvalue weighted by Crippen LogP contribution is 2.19. The standard InChI is InChI=1S/C15H19N3O/c1-2-15(19-11-1)12-17-13-5-9-18(10-6-13)14-3-7-16-8-4-14/h1-4,7-8,11,13,17H,5-6,9-10,12H2. The van der Waals surface area contributed by atoms with Crippen molar-refractivity contribution in [3.63, 3.8) is 0 Å². The highest BCUT2D eigenvalue weighted by molar-refractivity contribution is 5.44. The first-order valence-electron chi connectivity index (χ1n) is 6.82. The fourth-order valence-corrected chi connectivity index (χ4v) is 2.55. The molecular weight excluding hydrogens is 238 g/mol. The van der Waals surface area contributed by atoms with Gasteiger partial charge in [0.1, 0.15) is 5.76 Å². The van der Waals surface area contributed by atoms with Crippen LogP contribution in [0.4, 0.5) is 5.69 Å². The molecule has 1 N–H and O–H groups in total. The Kier molecular flexibility index (Phi) is 3.79. The van der Waals surface area contributed by atoms with E-state index in [9.17, 15) is 0 Å². The number of aromatic nitrogens is 1. The lowest BCUT2D eigenvalue weighted by Gasteiger charge is -2.33. The zero-order valence-electron chi connectivity index (χ0n) is 11.0. The molecule has 1 aliphatic heterocycles. The number of anilines is 1. The van der Waals surface area contributed by atoms with Gasteiger partial charge in [0.2, 0.25) is 0 Å². The highest BCUT2D eigenvalue weighted by Gasteiger charge is 2.18. The molecule has 1 fully saturated rings. The average Bonchev–Trinajstić information content (AvgIpc) is 3.00. The first-order chi connectivity index (χ1) is 9.42. The van der Waals surface area contributed by atoms with E-state index in [0.29, 0.717) is 6.04 Å². The largest absolute Gasteiger partial charge is 0.468 e. The van der Waals surface area contributed by atoms with Crippen molar-refractivity contribution in [1.29, 1.82) is 0 Å². The minimum Gasteiger partial charge on any atom is -0.468 e. The summed E-state index contributed by atoms with van der Waals surface area (Å²) >= 11 is 0. The van der Waals surface area contributed by atoms with Gasteiger partial charge in [-0.2, -0.15) is 0 Å². The third-order valence-corrected chi connectivity index (χ3v) is 3.67. The summed E-state index contributed by atoms with van der Waals surface area (Å²) in [7, 11) is 0. The fraction of sp³-hybridized carbons (Fsp3) is 0.400. The lowest BCUT2D eigenvalue weighted by molar-refractivity contribution is 0.389. The van der Waals surface area contributed by atoms with Crippen molar-refractivity contribution < 1.29 is 4.42 Å². The third-order valence-electron chi connectivity index (χ3n) is 3.67. The van der Waals surface area contributed by atoms with Gasteiger partial charge in [0.25, 0.3) is 0 Å². The van der Waals surface area contributed by atoms with Gasteiger partial charge in [0.05, 0.1) is 12.8 Å². The zero-order valence-corrected chi connectivity index (χ0v) is 11.0. The predicted molar refractivity (Wildman–Crippen MR) is 75.0 cm³/mol. The van der Waals surface area contributed by atoms with E-state index in [1.165, 1.54) is 18.5 Å². The van der Waals surface area contributed by atoms with E-state index in [-0.39, 0.29) is 0 Å². The number of pyridine rings is 1. The van der Waals surface area contributed by atoms with Crippen LogP contribution in [0.25, 0.3) is 0 Å². The summed E-state index contributed by atoms with van der Waals surface area (Å²) in [6.45, 7) is 3.02. The van der Waals surface area contributed by atoms with Gasteiger partial charge in [-0.1, -0.05) is 0 Å². The Balaban J connectivity index is 1.47. The lowest BCUT2D eigenvalue weighted by Crippen LogP contribution is -2.42. The minimum absolute atomic E-state index is 0.586. The van der Waals surface area contributed by atoms with Gasteiger partial charge >= 0.3 is 0 Å². The number of piperidine rings is 1. The molecule has 4 heteroatoms. The Labute approximate surface area is 113 Å². The Hall–Kier alpha value is -1.81. The molecule has 0 aliphatic carbocycles. The molecule has 1 aliphatic rings. The van der Waals surface area contributed by atoms with Crippen LogP contribution in [-0.4, -0.2) is 24.1 Å². The Morgan fingerprint density at radius 3 is 2.68 bits per heavy atom. The predicted octanol–water partition coefficient (Wildman–Crippen LogP) is 2.43. The Morgan fingerprint density at radius 1 is 1.21 bits per heavy atom. The molecule has 0 spiro atoms. The fourth-order valence-electron chi connectivity index (χ4n) is 2.55. The van der Waals surface area contributed by atoms with Crippen LogP contribution in [0.3, 0.4) is 0 Å². The van der Waals surface area contributed by atoms with Crippen LogP contribution in [0, 0.1) is 0 Å². The van der Waals surface area contributed by atoms with Crippen molar-refractivity contribution in [2.45, 2.75) is 25.4 Å². The monoisotopic (exact) mass is 257 g/mol. The van der Waals surface area contributed by atoms with Crippen LogP contribution >= 0.6 is 0 Å². The van der Waals surface area contributed by atoms with Gasteiger partial charge < -0.3 is 14.6 Å². The summed E-state index contributed by atoms with van der Waals surface area (Å²) in [4.78, 5) is 6.49. The van der Waals surface area contributed by atoms with Crippen LogP contribution in [0.5, 0.6) is 0 Å². The number of rotatable bonds is 4. The maximum atomic E-state index is 5.34. The maximum Gasteiger partial charge on any atom is 0.117 e. The lowest BCUT2D eigenvalue weighted by atomic mass is 10.0. The van der Waals surface area contributed by atoms with Gasteiger partial charge in [0.15, 0.2) is 0 Å². The van der Waals surface area contributed by atoms with Crippen LogP contribution in [0.1, 0.15) is 18.6 Å². The molecule has 3 rings (SSSR count). The van der Waals surface area contributed by atoms with Crippen LogP contribution in [0.2, 0.25) is 0 Å². The molecule has 2 aromatic rings. The number of hydrogen-bond acceptors (Lipinski definition) is 4. The summed E-state index contributed by atoms with van der Waals surface area (Å²) in [6, 6.07) is 8.69. The molecular formula is C15H19N3O. The summed E-state index contributed by atoms with van der Waals surface area (Å²) in [5.41, 5.74) is 1.28. The molecule has 100 valence electrons. The molecule has 4 nitrogen and oxygen atoms in total. The molecule has 0 aromatic carbocycles. The molecule has 0 atom stereocenters. The highest BCUT2D eigenvalue weighted by atomic mass is 16.3. The molecule has 0 saturated carbocycles. The number of furan rings is 1. The molecule has 0 radical (unpaired) electrons. The Bertz CT molecular complexity index is 475. The summed E-state index contributed by atoms with van der Waals surface area (Å²) in [5.74, 6) is 1.01. The van der Waals surface area contributed by atoms with Crippen molar-refractivity contribution in [2.75, 3.05) is 18.0 Å². The maximum absolute atomic E-state index is 5.34. The van der Waals surface area contributed by atoms with Gasteiger partial charge in [-0.25, -0.2) is 0 Å². The minimum atomic E-state index is 0.586. The van der Waals surface area contributed by atoms with Crippen molar-refractivity contribution in [1.82, 2.24) is 10.3 Å².